The summed E-state index contributed by atoms with van der Waals surface area (Å²) in [6.07, 6.45) is 47.3. The molecule has 0 rings (SSSR count). The molecule has 0 radical (unpaired) electrons. The summed E-state index contributed by atoms with van der Waals surface area (Å²) in [6, 6.07) is 0. The van der Waals surface area contributed by atoms with E-state index in [1.54, 1.807) is 0 Å². The van der Waals surface area contributed by atoms with E-state index >= 15 is 0 Å². The normalized spacial score (nSPS) is 12.1. The van der Waals surface area contributed by atoms with Crippen LogP contribution in [0.15, 0.2) is 24.3 Å². The molecule has 0 aliphatic carbocycles. The highest BCUT2D eigenvalue weighted by Gasteiger charge is 2.19. The summed E-state index contributed by atoms with van der Waals surface area (Å²) >= 11 is 0. The Labute approximate surface area is 334 Å². The first-order chi connectivity index (χ1) is 26.5. The Morgan fingerprint density at radius 1 is 0.389 bits per heavy atom. The van der Waals surface area contributed by atoms with Crippen LogP contribution in [-0.4, -0.2) is 37.2 Å². The predicted octanol–water partition coefficient (Wildman–Crippen LogP) is 14.8. The Morgan fingerprint density at radius 3 is 1.11 bits per heavy atom. The quantitative estimate of drug-likeness (QED) is 0.0267. The van der Waals surface area contributed by atoms with Crippen molar-refractivity contribution in [3.8, 4) is 0 Å². The summed E-state index contributed by atoms with van der Waals surface area (Å²) in [6.45, 7) is 6.52. The number of allylic oxidation sites excluding steroid dienone is 4. The maximum Gasteiger partial charge on any atom is 0.306 e. The number of hydrogen-bond acceptors (Lipinski definition) is 6. The highest BCUT2D eigenvalue weighted by atomic mass is 16.6. The molecule has 0 amide bonds. The third-order valence-electron chi connectivity index (χ3n) is 10.2. The molecule has 54 heavy (non-hydrogen) atoms. The maximum atomic E-state index is 12.7. The van der Waals surface area contributed by atoms with Crippen LogP contribution in [0.3, 0.4) is 0 Å². The summed E-state index contributed by atoms with van der Waals surface area (Å²) in [5.41, 5.74) is 0. The lowest BCUT2D eigenvalue weighted by atomic mass is 10.0. The third kappa shape index (κ3) is 41.1. The third-order valence-corrected chi connectivity index (χ3v) is 10.2. The molecule has 1 unspecified atom stereocenters. The fourth-order valence-electron chi connectivity index (χ4n) is 6.72. The summed E-state index contributed by atoms with van der Waals surface area (Å²) in [4.78, 5) is 37.7. The van der Waals surface area contributed by atoms with Gasteiger partial charge in [-0.25, -0.2) is 0 Å². The van der Waals surface area contributed by atoms with E-state index in [9.17, 15) is 14.4 Å². The lowest BCUT2D eigenvalue weighted by molar-refractivity contribution is -0.167. The number of carbonyl (C=O) groups is 3. The van der Waals surface area contributed by atoms with Gasteiger partial charge in [0, 0.05) is 19.3 Å². The number of carbonyl (C=O) groups excluding carboxylic acids is 3. The monoisotopic (exact) mass is 761 g/mol. The van der Waals surface area contributed by atoms with E-state index in [4.69, 9.17) is 14.2 Å². The van der Waals surface area contributed by atoms with Crippen molar-refractivity contribution in [2.24, 2.45) is 0 Å². The molecule has 0 aromatic heterocycles. The van der Waals surface area contributed by atoms with Crippen molar-refractivity contribution in [3.05, 3.63) is 24.3 Å². The zero-order chi connectivity index (χ0) is 39.4. The van der Waals surface area contributed by atoms with Crippen LogP contribution < -0.4 is 0 Å². The molecule has 6 nitrogen and oxygen atoms in total. The molecule has 0 fully saturated rings. The Balaban J connectivity index is 4.36. The molecular formula is C48H88O6. The summed E-state index contributed by atoms with van der Waals surface area (Å²) in [7, 11) is 0. The van der Waals surface area contributed by atoms with Crippen molar-refractivity contribution in [2.45, 2.75) is 252 Å². The van der Waals surface area contributed by atoms with Crippen LogP contribution in [-0.2, 0) is 28.6 Å². The van der Waals surface area contributed by atoms with Gasteiger partial charge in [-0.1, -0.05) is 206 Å². The van der Waals surface area contributed by atoms with Crippen molar-refractivity contribution >= 4 is 17.9 Å². The van der Waals surface area contributed by atoms with E-state index < -0.39 is 6.10 Å². The van der Waals surface area contributed by atoms with Crippen LogP contribution in [0.4, 0.5) is 0 Å². The summed E-state index contributed by atoms with van der Waals surface area (Å²) in [5.74, 6) is -0.881. The lowest BCUT2D eigenvalue weighted by Gasteiger charge is -2.18. The van der Waals surface area contributed by atoms with Crippen LogP contribution in [0.2, 0.25) is 0 Å². The number of esters is 3. The van der Waals surface area contributed by atoms with E-state index in [-0.39, 0.29) is 31.1 Å². The fourth-order valence-corrected chi connectivity index (χ4v) is 6.72. The van der Waals surface area contributed by atoms with Gasteiger partial charge in [0.2, 0.25) is 0 Å². The topological polar surface area (TPSA) is 78.9 Å². The Kier molecular flexibility index (Phi) is 41.9. The molecule has 0 spiro atoms. The molecule has 0 saturated carbocycles. The fraction of sp³-hybridized carbons (Fsp3) is 0.854. The standard InChI is InChI=1S/C48H88O6/c1-4-7-10-13-16-19-22-24-27-29-32-35-38-41-47(50)53-44-45(43-52-46(49)40-37-34-31-28-25-21-18-15-12-9-6-3)54-48(51)42-39-36-33-30-26-23-20-17-14-11-8-5-2/h8,11,17,20,45H,4-7,9-10,12-16,18-19,21-44H2,1-3H3/b11-8-,20-17-. The van der Waals surface area contributed by atoms with E-state index in [1.807, 2.05) is 0 Å². The van der Waals surface area contributed by atoms with Crippen molar-refractivity contribution in [2.75, 3.05) is 13.2 Å². The van der Waals surface area contributed by atoms with Crippen molar-refractivity contribution in [1.29, 1.82) is 0 Å². The van der Waals surface area contributed by atoms with E-state index in [0.717, 1.165) is 89.9 Å². The van der Waals surface area contributed by atoms with Gasteiger partial charge in [0.05, 0.1) is 0 Å². The second kappa shape index (κ2) is 43.6. The van der Waals surface area contributed by atoms with E-state index in [0.29, 0.717) is 19.3 Å². The number of rotatable bonds is 42. The molecule has 0 heterocycles. The molecule has 1 atom stereocenters. The molecule has 0 bridgehead atoms. The molecule has 6 heteroatoms. The average Bonchev–Trinajstić information content (AvgIpc) is 3.17. The Morgan fingerprint density at radius 2 is 0.722 bits per heavy atom. The van der Waals surface area contributed by atoms with Gasteiger partial charge in [-0.15, -0.1) is 0 Å². The van der Waals surface area contributed by atoms with Gasteiger partial charge in [-0.2, -0.15) is 0 Å². The van der Waals surface area contributed by atoms with Gasteiger partial charge in [-0.05, 0) is 44.9 Å². The van der Waals surface area contributed by atoms with Gasteiger partial charge in [0.1, 0.15) is 13.2 Å². The first-order valence-corrected chi connectivity index (χ1v) is 23.3. The van der Waals surface area contributed by atoms with Crippen LogP contribution >= 0.6 is 0 Å². The van der Waals surface area contributed by atoms with Crippen LogP contribution in [0, 0.1) is 0 Å². The molecule has 0 N–H and O–H groups in total. The number of hydrogen-bond donors (Lipinski definition) is 0. The van der Waals surface area contributed by atoms with Crippen molar-refractivity contribution < 1.29 is 28.6 Å². The predicted molar refractivity (Wildman–Crippen MR) is 229 cm³/mol. The first kappa shape index (κ1) is 51.9. The molecular weight excluding hydrogens is 673 g/mol. The van der Waals surface area contributed by atoms with Crippen LogP contribution in [0.5, 0.6) is 0 Å². The second-order valence-electron chi connectivity index (χ2n) is 15.6. The highest BCUT2D eigenvalue weighted by molar-refractivity contribution is 5.71. The zero-order valence-corrected chi connectivity index (χ0v) is 36.0. The molecule has 0 aliphatic rings. The number of unbranched alkanes of at least 4 members (excludes halogenated alkanes) is 27. The zero-order valence-electron chi connectivity index (χ0n) is 36.0. The van der Waals surface area contributed by atoms with E-state index in [1.165, 1.54) is 116 Å². The van der Waals surface area contributed by atoms with Gasteiger partial charge in [0.25, 0.3) is 0 Å². The Hall–Kier alpha value is -2.11. The Bertz CT molecular complexity index is 880. The molecule has 0 aromatic rings. The minimum atomic E-state index is -0.770. The van der Waals surface area contributed by atoms with Crippen molar-refractivity contribution in [3.63, 3.8) is 0 Å². The highest BCUT2D eigenvalue weighted by Crippen LogP contribution is 2.15. The molecule has 0 aliphatic heterocycles. The summed E-state index contributed by atoms with van der Waals surface area (Å²) < 4.78 is 16.7. The largest absolute Gasteiger partial charge is 0.462 e. The molecule has 0 saturated heterocycles. The van der Waals surface area contributed by atoms with Crippen LogP contribution in [0.25, 0.3) is 0 Å². The minimum Gasteiger partial charge on any atom is -0.462 e. The van der Waals surface area contributed by atoms with Crippen molar-refractivity contribution in [1.82, 2.24) is 0 Å². The van der Waals surface area contributed by atoms with Crippen LogP contribution in [0.1, 0.15) is 245 Å². The first-order valence-electron chi connectivity index (χ1n) is 23.3. The number of ether oxygens (including phenoxy) is 3. The van der Waals surface area contributed by atoms with Gasteiger partial charge in [-0.3, -0.25) is 14.4 Å². The second-order valence-corrected chi connectivity index (χ2v) is 15.6. The smallest absolute Gasteiger partial charge is 0.306 e. The lowest BCUT2D eigenvalue weighted by Crippen LogP contribution is -2.30. The van der Waals surface area contributed by atoms with E-state index in [2.05, 4.69) is 45.1 Å². The van der Waals surface area contributed by atoms with Gasteiger partial charge >= 0.3 is 17.9 Å². The minimum absolute atomic E-state index is 0.0729. The van der Waals surface area contributed by atoms with Gasteiger partial charge < -0.3 is 14.2 Å². The molecule has 316 valence electrons. The maximum absolute atomic E-state index is 12.7. The van der Waals surface area contributed by atoms with Gasteiger partial charge in [0.15, 0.2) is 6.10 Å². The molecule has 0 aromatic carbocycles. The average molecular weight is 761 g/mol. The summed E-state index contributed by atoms with van der Waals surface area (Å²) in [5, 5.41) is 0. The SMILES string of the molecule is CC/C=C\C/C=C\CCCCCCCC(=O)OC(COC(=O)CCCCCCCCCCCCC)COC(=O)CCCCCCCCCCCCCCC.